The first kappa shape index (κ1) is 12.0. The molecule has 0 saturated carbocycles. The first-order valence-electron chi connectivity index (χ1n) is 6.42. The van der Waals surface area contributed by atoms with E-state index < -0.39 is 0 Å². The van der Waals surface area contributed by atoms with Crippen molar-refractivity contribution in [2.24, 2.45) is 0 Å². The SMILES string of the molecule is CCCCCC(C)(C)N1CCCCC1. The van der Waals surface area contributed by atoms with Crippen LogP contribution in [0.4, 0.5) is 0 Å². The quantitative estimate of drug-likeness (QED) is 0.605. The van der Waals surface area contributed by atoms with Crippen LogP contribution in [0.25, 0.3) is 0 Å². The summed E-state index contributed by atoms with van der Waals surface area (Å²) in [4.78, 5) is 2.70. The van der Waals surface area contributed by atoms with Crippen LogP contribution in [0.15, 0.2) is 0 Å². The summed E-state index contributed by atoms with van der Waals surface area (Å²) in [5, 5.41) is 0. The number of hydrogen-bond acceptors (Lipinski definition) is 1. The second-order valence-corrected chi connectivity index (χ2v) is 5.32. The molecule has 1 nitrogen and oxygen atoms in total. The zero-order valence-corrected chi connectivity index (χ0v) is 10.3. The predicted molar refractivity (Wildman–Crippen MR) is 63.6 cm³/mol. The fourth-order valence-corrected chi connectivity index (χ4v) is 2.46. The minimum absolute atomic E-state index is 0.454. The summed E-state index contributed by atoms with van der Waals surface area (Å²) in [6.07, 6.45) is 9.80. The molecular weight excluding hydrogens is 170 g/mol. The van der Waals surface area contributed by atoms with Gasteiger partial charge in [0.05, 0.1) is 0 Å². The third-order valence-electron chi connectivity index (χ3n) is 3.60. The van der Waals surface area contributed by atoms with E-state index in [0.717, 1.165) is 0 Å². The molecule has 0 aromatic heterocycles. The summed E-state index contributed by atoms with van der Waals surface area (Å²) >= 11 is 0. The summed E-state index contributed by atoms with van der Waals surface area (Å²) < 4.78 is 0. The van der Waals surface area contributed by atoms with Gasteiger partial charge in [-0.3, -0.25) is 4.90 Å². The Morgan fingerprint density at radius 2 is 1.64 bits per heavy atom. The summed E-state index contributed by atoms with van der Waals surface area (Å²) in [6, 6.07) is 0. The molecule has 1 aliphatic rings. The molecule has 0 bridgehead atoms. The van der Waals surface area contributed by atoms with Gasteiger partial charge in [-0.1, -0.05) is 32.6 Å². The van der Waals surface area contributed by atoms with Gasteiger partial charge in [-0.2, -0.15) is 0 Å². The average molecular weight is 197 g/mol. The highest BCUT2D eigenvalue weighted by molar-refractivity contribution is 4.83. The zero-order valence-electron chi connectivity index (χ0n) is 10.3. The average Bonchev–Trinajstić information content (AvgIpc) is 2.19. The molecule has 0 aromatic rings. The van der Waals surface area contributed by atoms with Crippen molar-refractivity contribution in [1.82, 2.24) is 4.90 Å². The van der Waals surface area contributed by atoms with Crippen LogP contribution >= 0.6 is 0 Å². The Balaban J connectivity index is 2.29. The van der Waals surface area contributed by atoms with Gasteiger partial charge < -0.3 is 0 Å². The highest BCUT2D eigenvalue weighted by Crippen LogP contribution is 2.25. The third-order valence-corrected chi connectivity index (χ3v) is 3.60. The van der Waals surface area contributed by atoms with Gasteiger partial charge in [-0.15, -0.1) is 0 Å². The van der Waals surface area contributed by atoms with Crippen LogP contribution in [0.2, 0.25) is 0 Å². The van der Waals surface area contributed by atoms with Crippen LogP contribution in [-0.2, 0) is 0 Å². The summed E-state index contributed by atoms with van der Waals surface area (Å²) in [7, 11) is 0. The predicted octanol–water partition coefficient (Wildman–Crippen LogP) is 3.83. The maximum absolute atomic E-state index is 2.70. The molecule has 0 N–H and O–H groups in total. The van der Waals surface area contributed by atoms with Crippen LogP contribution in [0.5, 0.6) is 0 Å². The van der Waals surface area contributed by atoms with Crippen molar-refractivity contribution < 1.29 is 0 Å². The molecular formula is C13H27N. The van der Waals surface area contributed by atoms with Gasteiger partial charge >= 0.3 is 0 Å². The molecule has 1 fully saturated rings. The van der Waals surface area contributed by atoms with Crippen molar-refractivity contribution in [2.75, 3.05) is 13.1 Å². The van der Waals surface area contributed by atoms with E-state index in [9.17, 15) is 0 Å². The molecule has 1 saturated heterocycles. The molecule has 0 radical (unpaired) electrons. The summed E-state index contributed by atoms with van der Waals surface area (Å²) in [6.45, 7) is 9.80. The minimum atomic E-state index is 0.454. The van der Waals surface area contributed by atoms with Gasteiger partial charge in [0.2, 0.25) is 0 Å². The molecule has 1 heteroatoms. The van der Waals surface area contributed by atoms with E-state index in [1.807, 2.05) is 0 Å². The van der Waals surface area contributed by atoms with Gasteiger partial charge in [0.25, 0.3) is 0 Å². The molecule has 0 unspecified atom stereocenters. The molecule has 0 atom stereocenters. The van der Waals surface area contributed by atoms with Crippen LogP contribution in [0.1, 0.15) is 65.7 Å². The standard InChI is InChI=1S/C13H27N/c1-4-5-7-10-13(2,3)14-11-8-6-9-12-14/h4-12H2,1-3H3. The number of unbranched alkanes of at least 4 members (excludes halogenated alkanes) is 2. The van der Waals surface area contributed by atoms with Crippen molar-refractivity contribution >= 4 is 0 Å². The number of nitrogens with zero attached hydrogens (tertiary/aromatic N) is 1. The zero-order chi connectivity index (χ0) is 10.4. The van der Waals surface area contributed by atoms with Crippen LogP contribution < -0.4 is 0 Å². The van der Waals surface area contributed by atoms with Gasteiger partial charge in [-0.05, 0) is 46.2 Å². The van der Waals surface area contributed by atoms with E-state index in [2.05, 4.69) is 25.7 Å². The maximum Gasteiger partial charge on any atom is 0.0153 e. The van der Waals surface area contributed by atoms with Crippen molar-refractivity contribution in [3.05, 3.63) is 0 Å². The maximum atomic E-state index is 2.70. The molecule has 0 aliphatic carbocycles. The largest absolute Gasteiger partial charge is 0.298 e. The number of likely N-dealkylation sites (tertiary alicyclic amines) is 1. The smallest absolute Gasteiger partial charge is 0.0153 e. The van der Waals surface area contributed by atoms with Gasteiger partial charge in [0.1, 0.15) is 0 Å². The summed E-state index contributed by atoms with van der Waals surface area (Å²) in [5.41, 5.74) is 0.454. The Morgan fingerprint density at radius 1 is 1.00 bits per heavy atom. The second kappa shape index (κ2) is 5.75. The third kappa shape index (κ3) is 3.61. The number of hydrogen-bond donors (Lipinski definition) is 0. The fraction of sp³-hybridized carbons (Fsp3) is 1.00. The van der Waals surface area contributed by atoms with Crippen molar-refractivity contribution in [1.29, 1.82) is 0 Å². The van der Waals surface area contributed by atoms with Crippen LogP contribution in [0.3, 0.4) is 0 Å². The lowest BCUT2D eigenvalue weighted by atomic mass is 9.92. The van der Waals surface area contributed by atoms with E-state index in [4.69, 9.17) is 0 Å². The van der Waals surface area contributed by atoms with Crippen LogP contribution in [-0.4, -0.2) is 23.5 Å². The first-order chi connectivity index (χ1) is 6.67. The lowest BCUT2D eigenvalue weighted by Gasteiger charge is -2.41. The second-order valence-electron chi connectivity index (χ2n) is 5.32. The monoisotopic (exact) mass is 197 g/mol. The highest BCUT2D eigenvalue weighted by Gasteiger charge is 2.26. The normalized spacial score (nSPS) is 19.9. The molecule has 84 valence electrons. The lowest BCUT2D eigenvalue weighted by molar-refractivity contribution is 0.0857. The van der Waals surface area contributed by atoms with Gasteiger partial charge in [0, 0.05) is 5.54 Å². The molecule has 1 aliphatic heterocycles. The van der Waals surface area contributed by atoms with E-state index in [-0.39, 0.29) is 0 Å². The molecule has 0 spiro atoms. The fourth-order valence-electron chi connectivity index (χ4n) is 2.46. The van der Waals surface area contributed by atoms with Gasteiger partial charge in [-0.25, -0.2) is 0 Å². The van der Waals surface area contributed by atoms with E-state index in [1.165, 1.54) is 58.0 Å². The van der Waals surface area contributed by atoms with Crippen molar-refractivity contribution in [3.63, 3.8) is 0 Å². The number of rotatable bonds is 5. The van der Waals surface area contributed by atoms with Crippen molar-refractivity contribution in [2.45, 2.75) is 71.3 Å². The Labute approximate surface area is 89.9 Å². The van der Waals surface area contributed by atoms with E-state index >= 15 is 0 Å². The first-order valence-corrected chi connectivity index (χ1v) is 6.42. The lowest BCUT2D eigenvalue weighted by Crippen LogP contribution is -2.46. The highest BCUT2D eigenvalue weighted by atomic mass is 15.2. The molecule has 0 amide bonds. The minimum Gasteiger partial charge on any atom is -0.298 e. The van der Waals surface area contributed by atoms with Gasteiger partial charge in [0.15, 0.2) is 0 Å². The van der Waals surface area contributed by atoms with E-state index in [0.29, 0.717) is 5.54 Å². The molecule has 1 rings (SSSR count). The van der Waals surface area contributed by atoms with E-state index in [1.54, 1.807) is 0 Å². The Hall–Kier alpha value is -0.0400. The molecule has 14 heavy (non-hydrogen) atoms. The summed E-state index contributed by atoms with van der Waals surface area (Å²) in [5.74, 6) is 0. The van der Waals surface area contributed by atoms with Crippen molar-refractivity contribution in [3.8, 4) is 0 Å². The van der Waals surface area contributed by atoms with Crippen LogP contribution in [0, 0.1) is 0 Å². The Kier molecular flexibility index (Phi) is 4.94. The molecule has 0 aromatic carbocycles. The Morgan fingerprint density at radius 3 is 2.21 bits per heavy atom. The molecule has 1 heterocycles. The topological polar surface area (TPSA) is 3.24 Å². The number of piperidine rings is 1. The Bertz CT molecular complexity index is 145.